The van der Waals surface area contributed by atoms with Crippen molar-refractivity contribution in [1.29, 1.82) is 0 Å². The van der Waals surface area contributed by atoms with Crippen molar-refractivity contribution in [2.45, 2.75) is 83.0 Å². The van der Waals surface area contributed by atoms with E-state index in [1.54, 1.807) is 0 Å². The van der Waals surface area contributed by atoms with Crippen LogP contribution in [0.4, 0.5) is 5.69 Å². The number of amides is 2. The summed E-state index contributed by atoms with van der Waals surface area (Å²) >= 11 is 0. The largest absolute Gasteiger partial charge is 0.371 e. The average molecular weight is 451 g/mol. The number of carbonyl (C=O) groups excluding carboxylic acids is 2. The minimum atomic E-state index is -0.346. The van der Waals surface area contributed by atoms with E-state index in [4.69, 9.17) is 0 Å². The van der Waals surface area contributed by atoms with Crippen molar-refractivity contribution in [2.75, 3.05) is 18.0 Å². The van der Waals surface area contributed by atoms with Crippen LogP contribution in [0.2, 0.25) is 0 Å². The Bertz CT molecular complexity index is 999. The van der Waals surface area contributed by atoms with Gasteiger partial charge >= 0.3 is 0 Å². The van der Waals surface area contributed by atoms with E-state index < -0.39 is 0 Å². The highest BCUT2D eigenvalue weighted by molar-refractivity contribution is 6.02. The van der Waals surface area contributed by atoms with Crippen LogP contribution in [0.1, 0.15) is 88.7 Å². The summed E-state index contributed by atoms with van der Waals surface area (Å²) in [5.41, 5.74) is 3.10. The minimum Gasteiger partial charge on any atom is -0.371 e. The molecule has 3 heterocycles. The first-order valence-electron chi connectivity index (χ1n) is 13.1. The van der Waals surface area contributed by atoms with E-state index in [1.165, 1.54) is 69.9 Å². The highest BCUT2D eigenvalue weighted by Crippen LogP contribution is 2.34. The molecule has 0 radical (unpaired) electrons. The molecule has 6 heteroatoms. The van der Waals surface area contributed by atoms with Gasteiger partial charge in [0.2, 0.25) is 11.8 Å². The third-order valence-electron chi connectivity index (χ3n) is 8.36. The predicted molar refractivity (Wildman–Crippen MR) is 131 cm³/mol. The smallest absolute Gasteiger partial charge is 0.235 e. The Morgan fingerprint density at radius 2 is 1.70 bits per heavy atom. The van der Waals surface area contributed by atoms with Gasteiger partial charge in [-0.2, -0.15) is 5.10 Å². The second-order valence-corrected chi connectivity index (χ2v) is 10.6. The maximum absolute atomic E-state index is 12.4. The van der Waals surface area contributed by atoms with E-state index in [2.05, 4.69) is 33.5 Å². The molecule has 33 heavy (non-hydrogen) atoms. The average Bonchev–Trinajstić information content (AvgIpc) is 3.16. The van der Waals surface area contributed by atoms with Gasteiger partial charge in [0.05, 0.1) is 17.1 Å². The molecule has 1 aromatic carbocycles. The van der Waals surface area contributed by atoms with Crippen molar-refractivity contribution < 1.29 is 9.59 Å². The number of anilines is 1. The van der Waals surface area contributed by atoms with Gasteiger partial charge < -0.3 is 4.90 Å². The Hall–Kier alpha value is -2.37. The summed E-state index contributed by atoms with van der Waals surface area (Å²) in [6.07, 6.45) is 15.1. The standard InChI is InChI=1S/C27H38N4O2/c1-30-24-18-21(10-11-22(24)26(29-30)23-12-13-25(32)28-27(23)33)31-16-14-20(15-17-31)9-5-8-19-6-3-2-4-7-19/h10-11,18-20,23H,2-9,12-17H2,1H3,(H,28,32,33). The lowest BCUT2D eigenvalue weighted by Crippen LogP contribution is -2.39. The number of nitrogens with zero attached hydrogens (tertiary/aromatic N) is 3. The Morgan fingerprint density at radius 3 is 2.42 bits per heavy atom. The van der Waals surface area contributed by atoms with Crippen molar-refractivity contribution in [3.05, 3.63) is 23.9 Å². The van der Waals surface area contributed by atoms with Crippen LogP contribution in [-0.2, 0) is 16.6 Å². The lowest BCUT2D eigenvalue weighted by atomic mass is 9.83. The number of hydrogen-bond acceptors (Lipinski definition) is 4. The molecule has 2 saturated heterocycles. The number of rotatable bonds is 6. The molecule has 1 atom stereocenters. The summed E-state index contributed by atoms with van der Waals surface area (Å²) in [5, 5.41) is 8.17. The van der Waals surface area contributed by atoms with Crippen LogP contribution < -0.4 is 10.2 Å². The highest BCUT2D eigenvalue weighted by Gasteiger charge is 2.32. The minimum absolute atomic E-state index is 0.184. The van der Waals surface area contributed by atoms with Crippen LogP contribution in [0, 0.1) is 11.8 Å². The van der Waals surface area contributed by atoms with Crippen LogP contribution in [0.25, 0.3) is 10.9 Å². The molecule has 0 spiro atoms. The zero-order valence-corrected chi connectivity index (χ0v) is 20.0. The van der Waals surface area contributed by atoms with Gasteiger partial charge in [0.15, 0.2) is 0 Å². The van der Waals surface area contributed by atoms with E-state index in [0.717, 1.165) is 41.5 Å². The highest BCUT2D eigenvalue weighted by atomic mass is 16.2. The molecule has 178 valence electrons. The number of nitrogens with one attached hydrogen (secondary N) is 1. The fourth-order valence-corrected chi connectivity index (χ4v) is 6.33. The third-order valence-corrected chi connectivity index (χ3v) is 8.36. The second-order valence-electron chi connectivity index (χ2n) is 10.6. The molecule has 2 aromatic rings. The lowest BCUT2D eigenvalue weighted by molar-refractivity contribution is -0.134. The van der Waals surface area contributed by atoms with Crippen molar-refractivity contribution in [2.24, 2.45) is 18.9 Å². The molecule has 3 fully saturated rings. The first kappa shape index (κ1) is 22.4. The molecular formula is C27H38N4O2. The van der Waals surface area contributed by atoms with Crippen molar-refractivity contribution in [3.63, 3.8) is 0 Å². The van der Waals surface area contributed by atoms with Gasteiger partial charge in [-0.3, -0.25) is 19.6 Å². The number of piperidine rings is 2. The molecule has 5 rings (SSSR count). The SMILES string of the molecule is Cn1nc(C2CCC(=O)NC2=O)c2ccc(N3CCC(CCCC4CCCCC4)CC3)cc21. The summed E-state index contributed by atoms with van der Waals surface area (Å²) in [6.45, 7) is 2.24. The molecule has 1 saturated carbocycles. The normalized spacial score (nSPS) is 23.3. The molecule has 6 nitrogen and oxygen atoms in total. The van der Waals surface area contributed by atoms with E-state index in [-0.39, 0.29) is 17.7 Å². The summed E-state index contributed by atoms with van der Waals surface area (Å²) in [6, 6.07) is 6.52. The Morgan fingerprint density at radius 1 is 0.970 bits per heavy atom. The van der Waals surface area contributed by atoms with E-state index >= 15 is 0 Å². The molecule has 3 aliphatic rings. The maximum atomic E-state index is 12.4. The van der Waals surface area contributed by atoms with Crippen LogP contribution in [0.3, 0.4) is 0 Å². The van der Waals surface area contributed by atoms with Crippen LogP contribution in [-0.4, -0.2) is 34.7 Å². The number of aryl methyl sites for hydroxylation is 1. The number of imide groups is 1. The van der Waals surface area contributed by atoms with Crippen molar-refractivity contribution in [3.8, 4) is 0 Å². The van der Waals surface area contributed by atoms with Crippen molar-refractivity contribution in [1.82, 2.24) is 15.1 Å². The zero-order valence-electron chi connectivity index (χ0n) is 20.0. The summed E-state index contributed by atoms with van der Waals surface area (Å²) in [5.74, 6) is 1.14. The molecule has 1 aliphatic carbocycles. The predicted octanol–water partition coefficient (Wildman–Crippen LogP) is 5.06. The van der Waals surface area contributed by atoms with Crippen LogP contribution >= 0.6 is 0 Å². The van der Waals surface area contributed by atoms with E-state index in [9.17, 15) is 9.59 Å². The van der Waals surface area contributed by atoms with E-state index in [0.29, 0.717) is 12.8 Å². The zero-order chi connectivity index (χ0) is 22.8. The monoisotopic (exact) mass is 450 g/mol. The van der Waals surface area contributed by atoms with Crippen LogP contribution in [0.15, 0.2) is 18.2 Å². The van der Waals surface area contributed by atoms with Gasteiger partial charge in [0, 0.05) is 37.6 Å². The molecule has 2 aliphatic heterocycles. The number of hydrogen-bond donors (Lipinski definition) is 1. The van der Waals surface area contributed by atoms with Crippen LogP contribution in [0.5, 0.6) is 0 Å². The number of aromatic nitrogens is 2. The van der Waals surface area contributed by atoms with Gasteiger partial charge in [-0.15, -0.1) is 0 Å². The molecule has 2 amide bonds. The molecule has 1 aromatic heterocycles. The second kappa shape index (κ2) is 9.86. The maximum Gasteiger partial charge on any atom is 0.235 e. The number of carbonyl (C=O) groups is 2. The first-order chi connectivity index (χ1) is 16.1. The van der Waals surface area contributed by atoms with Gasteiger partial charge in [-0.25, -0.2) is 0 Å². The summed E-state index contributed by atoms with van der Waals surface area (Å²) in [7, 11) is 1.94. The summed E-state index contributed by atoms with van der Waals surface area (Å²) < 4.78 is 1.88. The Labute approximate surface area is 197 Å². The first-order valence-corrected chi connectivity index (χ1v) is 13.1. The fourth-order valence-electron chi connectivity index (χ4n) is 6.33. The third kappa shape index (κ3) is 4.95. The van der Waals surface area contributed by atoms with Crippen molar-refractivity contribution >= 4 is 28.4 Å². The van der Waals surface area contributed by atoms with Gasteiger partial charge in [0.25, 0.3) is 0 Å². The summed E-state index contributed by atoms with van der Waals surface area (Å²) in [4.78, 5) is 26.4. The molecular weight excluding hydrogens is 412 g/mol. The number of benzene rings is 1. The number of fused-ring (bicyclic) bond motifs is 1. The molecule has 1 N–H and O–H groups in total. The van der Waals surface area contributed by atoms with Gasteiger partial charge in [-0.1, -0.05) is 51.4 Å². The topological polar surface area (TPSA) is 67.2 Å². The molecule has 1 unspecified atom stereocenters. The lowest BCUT2D eigenvalue weighted by Gasteiger charge is -2.34. The van der Waals surface area contributed by atoms with Gasteiger partial charge in [0.1, 0.15) is 0 Å². The Balaban J connectivity index is 1.19. The quantitative estimate of drug-likeness (QED) is 0.625. The van der Waals surface area contributed by atoms with E-state index in [1.807, 2.05) is 11.7 Å². The fraction of sp³-hybridized carbons (Fsp3) is 0.667. The molecule has 0 bridgehead atoms. The Kier molecular flexibility index (Phi) is 6.70. The van der Waals surface area contributed by atoms with Gasteiger partial charge in [-0.05, 0) is 49.3 Å².